The molecule has 92 valence electrons. The van der Waals surface area contributed by atoms with Crippen LogP contribution in [0.2, 0.25) is 5.02 Å². The van der Waals surface area contributed by atoms with E-state index in [-0.39, 0.29) is 5.91 Å². The summed E-state index contributed by atoms with van der Waals surface area (Å²) >= 11 is 9.26. The van der Waals surface area contributed by atoms with Gasteiger partial charge in [-0.3, -0.25) is 4.79 Å². The average molecular weight is 325 g/mol. The van der Waals surface area contributed by atoms with E-state index in [1.807, 2.05) is 36.4 Å². The molecule has 0 bridgehead atoms. The van der Waals surface area contributed by atoms with Gasteiger partial charge in [0.15, 0.2) is 0 Å². The molecule has 18 heavy (non-hydrogen) atoms. The van der Waals surface area contributed by atoms with Crippen molar-refractivity contribution in [1.29, 1.82) is 0 Å². The molecule has 0 heterocycles. The first-order valence-electron chi connectivity index (χ1n) is 5.44. The van der Waals surface area contributed by atoms with Gasteiger partial charge in [0.1, 0.15) is 0 Å². The van der Waals surface area contributed by atoms with E-state index in [0.29, 0.717) is 11.4 Å². The van der Waals surface area contributed by atoms with Gasteiger partial charge in [0.2, 0.25) is 5.91 Å². The molecule has 0 saturated heterocycles. The lowest BCUT2D eigenvalue weighted by molar-refractivity contribution is -0.115. The summed E-state index contributed by atoms with van der Waals surface area (Å²) in [5, 5.41) is 3.49. The predicted octanol–water partition coefficient (Wildman–Crippen LogP) is 4.28. The van der Waals surface area contributed by atoms with Crippen molar-refractivity contribution in [3.63, 3.8) is 0 Å². The predicted molar refractivity (Wildman–Crippen MR) is 77.9 cm³/mol. The highest BCUT2D eigenvalue weighted by Crippen LogP contribution is 2.21. The standard InChI is InChI=1S/C14H11BrClNO/c15-12-6-1-2-7-13(12)17-14(18)9-10-4-3-5-11(16)8-10/h1-8H,9H2,(H,17,18). The van der Waals surface area contributed by atoms with E-state index < -0.39 is 0 Å². The number of rotatable bonds is 3. The maximum absolute atomic E-state index is 11.9. The summed E-state index contributed by atoms with van der Waals surface area (Å²) in [6.07, 6.45) is 0.307. The van der Waals surface area contributed by atoms with Gasteiger partial charge in [-0.2, -0.15) is 0 Å². The van der Waals surface area contributed by atoms with Gasteiger partial charge in [-0.1, -0.05) is 35.9 Å². The molecule has 0 aliphatic heterocycles. The average Bonchev–Trinajstić information content (AvgIpc) is 2.32. The van der Waals surface area contributed by atoms with E-state index in [1.54, 1.807) is 12.1 Å². The summed E-state index contributed by atoms with van der Waals surface area (Å²) in [5.74, 6) is -0.0656. The molecule has 2 nitrogen and oxygen atoms in total. The molecule has 0 saturated carbocycles. The van der Waals surface area contributed by atoms with Gasteiger partial charge in [0.25, 0.3) is 0 Å². The van der Waals surface area contributed by atoms with Crippen LogP contribution in [0.25, 0.3) is 0 Å². The molecule has 0 unspecified atom stereocenters. The molecule has 0 spiro atoms. The van der Waals surface area contributed by atoms with Crippen molar-refractivity contribution in [2.45, 2.75) is 6.42 Å². The number of hydrogen-bond donors (Lipinski definition) is 1. The molecule has 0 fully saturated rings. The van der Waals surface area contributed by atoms with E-state index in [9.17, 15) is 4.79 Å². The second-order valence-corrected chi connectivity index (χ2v) is 5.13. The minimum absolute atomic E-state index is 0.0656. The summed E-state index contributed by atoms with van der Waals surface area (Å²) < 4.78 is 0.865. The molecule has 2 aromatic carbocycles. The van der Waals surface area contributed by atoms with Gasteiger partial charge in [-0.15, -0.1) is 0 Å². The third-order valence-corrected chi connectivity index (χ3v) is 3.33. The Labute approximate surface area is 119 Å². The number of hydrogen-bond acceptors (Lipinski definition) is 1. The fraction of sp³-hybridized carbons (Fsp3) is 0.0714. The first kappa shape index (κ1) is 13.1. The quantitative estimate of drug-likeness (QED) is 0.897. The third-order valence-electron chi connectivity index (χ3n) is 2.40. The Morgan fingerprint density at radius 2 is 1.94 bits per heavy atom. The lowest BCUT2D eigenvalue weighted by Crippen LogP contribution is -2.14. The van der Waals surface area contributed by atoms with Gasteiger partial charge in [-0.25, -0.2) is 0 Å². The Hall–Kier alpha value is -1.32. The van der Waals surface area contributed by atoms with Gasteiger partial charge >= 0.3 is 0 Å². The third kappa shape index (κ3) is 3.59. The minimum Gasteiger partial charge on any atom is -0.325 e. The molecule has 0 atom stereocenters. The molecule has 0 aliphatic carbocycles. The summed E-state index contributed by atoms with van der Waals surface area (Å²) in [5.41, 5.74) is 1.66. The Morgan fingerprint density at radius 3 is 2.67 bits per heavy atom. The van der Waals surface area contributed by atoms with Crippen LogP contribution in [0.1, 0.15) is 5.56 Å². The summed E-state index contributed by atoms with van der Waals surface area (Å²) in [6.45, 7) is 0. The topological polar surface area (TPSA) is 29.1 Å². The zero-order chi connectivity index (χ0) is 13.0. The molecular formula is C14H11BrClNO. The number of anilines is 1. The molecule has 4 heteroatoms. The number of amides is 1. The Balaban J connectivity index is 2.03. The first-order valence-corrected chi connectivity index (χ1v) is 6.61. The highest BCUT2D eigenvalue weighted by molar-refractivity contribution is 9.10. The monoisotopic (exact) mass is 323 g/mol. The molecule has 1 amide bonds. The fourth-order valence-electron chi connectivity index (χ4n) is 1.59. The number of carbonyl (C=O) groups is 1. The van der Waals surface area contributed by atoms with Crippen LogP contribution in [0.5, 0.6) is 0 Å². The lowest BCUT2D eigenvalue weighted by Gasteiger charge is -2.07. The van der Waals surface area contributed by atoms with Crippen molar-refractivity contribution in [1.82, 2.24) is 0 Å². The molecule has 1 N–H and O–H groups in total. The SMILES string of the molecule is O=C(Cc1cccc(Cl)c1)Nc1ccccc1Br. The maximum atomic E-state index is 11.9. The number of nitrogens with one attached hydrogen (secondary N) is 1. The molecule has 0 aliphatic rings. The van der Waals surface area contributed by atoms with Crippen LogP contribution in [0.4, 0.5) is 5.69 Å². The van der Waals surface area contributed by atoms with Crippen LogP contribution in [-0.2, 0) is 11.2 Å². The van der Waals surface area contributed by atoms with Crippen molar-refractivity contribution in [3.8, 4) is 0 Å². The second-order valence-electron chi connectivity index (χ2n) is 3.83. The molecule has 0 radical (unpaired) electrons. The van der Waals surface area contributed by atoms with Gasteiger partial charge in [-0.05, 0) is 45.8 Å². The number of carbonyl (C=O) groups excluding carboxylic acids is 1. The smallest absolute Gasteiger partial charge is 0.228 e. The van der Waals surface area contributed by atoms with Crippen LogP contribution < -0.4 is 5.32 Å². The zero-order valence-electron chi connectivity index (χ0n) is 9.49. The van der Waals surface area contributed by atoms with E-state index in [0.717, 1.165) is 15.7 Å². The van der Waals surface area contributed by atoms with Crippen molar-refractivity contribution in [2.75, 3.05) is 5.32 Å². The van der Waals surface area contributed by atoms with Crippen LogP contribution in [0.15, 0.2) is 53.0 Å². The van der Waals surface area contributed by atoms with Crippen LogP contribution in [0, 0.1) is 0 Å². The van der Waals surface area contributed by atoms with Crippen LogP contribution >= 0.6 is 27.5 Å². The Kier molecular flexibility index (Phi) is 4.39. The first-order chi connectivity index (χ1) is 8.65. The van der Waals surface area contributed by atoms with Crippen molar-refractivity contribution < 1.29 is 4.79 Å². The molecule has 0 aromatic heterocycles. The van der Waals surface area contributed by atoms with Gasteiger partial charge in [0, 0.05) is 9.50 Å². The number of para-hydroxylation sites is 1. The van der Waals surface area contributed by atoms with Gasteiger partial charge < -0.3 is 5.32 Å². The van der Waals surface area contributed by atoms with E-state index in [1.165, 1.54) is 0 Å². The van der Waals surface area contributed by atoms with Gasteiger partial charge in [0.05, 0.1) is 12.1 Å². The summed E-state index contributed by atoms with van der Waals surface area (Å²) in [7, 11) is 0. The summed E-state index contributed by atoms with van der Waals surface area (Å²) in [4.78, 5) is 11.9. The molecular weight excluding hydrogens is 314 g/mol. The van der Waals surface area contributed by atoms with E-state index in [4.69, 9.17) is 11.6 Å². The number of benzene rings is 2. The summed E-state index contributed by atoms with van der Waals surface area (Å²) in [6, 6.07) is 14.8. The lowest BCUT2D eigenvalue weighted by atomic mass is 10.1. The van der Waals surface area contributed by atoms with Crippen molar-refractivity contribution >= 4 is 39.1 Å². The Bertz CT molecular complexity index is 571. The number of halogens is 2. The van der Waals surface area contributed by atoms with Crippen molar-refractivity contribution in [2.24, 2.45) is 0 Å². The van der Waals surface area contributed by atoms with Crippen LogP contribution in [0.3, 0.4) is 0 Å². The van der Waals surface area contributed by atoms with E-state index >= 15 is 0 Å². The van der Waals surface area contributed by atoms with Crippen LogP contribution in [-0.4, -0.2) is 5.91 Å². The highest BCUT2D eigenvalue weighted by atomic mass is 79.9. The maximum Gasteiger partial charge on any atom is 0.228 e. The fourth-order valence-corrected chi connectivity index (χ4v) is 2.19. The highest BCUT2D eigenvalue weighted by Gasteiger charge is 2.06. The van der Waals surface area contributed by atoms with Crippen molar-refractivity contribution in [3.05, 3.63) is 63.6 Å². The minimum atomic E-state index is -0.0656. The second kappa shape index (κ2) is 6.03. The molecule has 2 aromatic rings. The molecule has 2 rings (SSSR count). The zero-order valence-corrected chi connectivity index (χ0v) is 11.8. The normalized spacial score (nSPS) is 10.1. The Morgan fingerprint density at radius 1 is 1.17 bits per heavy atom. The largest absolute Gasteiger partial charge is 0.325 e. The van der Waals surface area contributed by atoms with E-state index in [2.05, 4.69) is 21.2 Å².